The number of ketones is 1. The number of hydrogen-bond acceptors (Lipinski definition) is 6. The molecule has 0 spiro atoms. The summed E-state index contributed by atoms with van der Waals surface area (Å²) < 4.78 is 7.83. The number of carbonyl (C=O) groups is 2. The lowest BCUT2D eigenvalue weighted by molar-refractivity contribution is -0.140. The smallest absolute Gasteiger partial charge is 0.295 e. The van der Waals surface area contributed by atoms with Crippen molar-refractivity contribution in [1.82, 2.24) is 19.2 Å². The molecule has 1 N–H and O–H groups in total. The van der Waals surface area contributed by atoms with Crippen molar-refractivity contribution in [2.75, 3.05) is 32.8 Å². The molecule has 1 saturated heterocycles. The maximum Gasteiger partial charge on any atom is 0.295 e. The summed E-state index contributed by atoms with van der Waals surface area (Å²) in [4.78, 5) is 35.5. The predicted octanol–water partition coefficient (Wildman–Crippen LogP) is 5.28. The van der Waals surface area contributed by atoms with Crippen LogP contribution in [0.15, 0.2) is 48.2 Å². The van der Waals surface area contributed by atoms with Crippen molar-refractivity contribution in [2.24, 2.45) is 0 Å². The first kappa shape index (κ1) is 28.4. The number of carbonyl (C=O) groups excluding carboxylic acids is 2. The van der Waals surface area contributed by atoms with Crippen LogP contribution in [0.5, 0.6) is 5.75 Å². The van der Waals surface area contributed by atoms with Crippen LogP contribution in [0.25, 0.3) is 11.4 Å². The number of aliphatic hydroxyl groups excluding tert-OH is 1. The van der Waals surface area contributed by atoms with Gasteiger partial charge in [-0.2, -0.15) is 0 Å². The highest BCUT2D eigenvalue weighted by atomic mass is 16.5. The molecule has 0 aliphatic carbocycles. The molecule has 1 fully saturated rings. The van der Waals surface area contributed by atoms with Crippen LogP contribution in [0.4, 0.5) is 0 Å². The monoisotopic (exact) mass is 532 g/mol. The van der Waals surface area contributed by atoms with Crippen LogP contribution in [0.2, 0.25) is 0 Å². The van der Waals surface area contributed by atoms with Gasteiger partial charge in [-0.05, 0) is 75.6 Å². The fraction of sp³-hybridized carbons (Fsp3) is 0.452. The van der Waals surface area contributed by atoms with Crippen LogP contribution in [0.3, 0.4) is 0 Å². The van der Waals surface area contributed by atoms with Gasteiger partial charge in [0.2, 0.25) is 0 Å². The van der Waals surface area contributed by atoms with Gasteiger partial charge >= 0.3 is 0 Å². The second-order valence-corrected chi connectivity index (χ2v) is 10.1. The van der Waals surface area contributed by atoms with E-state index in [1.807, 2.05) is 60.8 Å². The third-order valence-electron chi connectivity index (χ3n) is 7.56. The zero-order valence-electron chi connectivity index (χ0n) is 23.7. The van der Waals surface area contributed by atoms with E-state index >= 15 is 0 Å². The molecule has 0 radical (unpaired) electrons. The van der Waals surface area contributed by atoms with Gasteiger partial charge in [0.15, 0.2) is 5.76 Å². The van der Waals surface area contributed by atoms with Crippen LogP contribution in [-0.2, 0) is 9.59 Å². The molecule has 8 nitrogen and oxygen atoms in total. The average Bonchev–Trinajstić information content (AvgIpc) is 3.41. The molecule has 3 aromatic rings. The Morgan fingerprint density at radius 3 is 2.54 bits per heavy atom. The summed E-state index contributed by atoms with van der Waals surface area (Å²) in [5.74, 6) is -0.862. The van der Waals surface area contributed by atoms with Crippen molar-refractivity contribution in [3.63, 3.8) is 0 Å². The van der Waals surface area contributed by atoms with Gasteiger partial charge in [0.25, 0.3) is 11.7 Å². The van der Waals surface area contributed by atoms with Gasteiger partial charge in [0, 0.05) is 12.7 Å². The number of hydrogen-bond donors (Lipinski definition) is 1. The van der Waals surface area contributed by atoms with Gasteiger partial charge in [0.05, 0.1) is 23.9 Å². The van der Waals surface area contributed by atoms with E-state index in [-0.39, 0.29) is 11.3 Å². The normalized spacial score (nSPS) is 17.1. The lowest BCUT2D eigenvalue weighted by Crippen LogP contribution is -2.33. The van der Waals surface area contributed by atoms with Crippen molar-refractivity contribution >= 4 is 23.1 Å². The Morgan fingerprint density at radius 2 is 1.85 bits per heavy atom. The van der Waals surface area contributed by atoms with E-state index in [9.17, 15) is 14.7 Å². The number of pyridine rings is 1. The minimum absolute atomic E-state index is 0.0673. The van der Waals surface area contributed by atoms with Crippen molar-refractivity contribution in [3.05, 3.63) is 70.7 Å². The van der Waals surface area contributed by atoms with Crippen LogP contribution in [0, 0.1) is 13.8 Å². The zero-order valence-corrected chi connectivity index (χ0v) is 23.7. The van der Waals surface area contributed by atoms with E-state index in [0.29, 0.717) is 42.4 Å². The first-order chi connectivity index (χ1) is 18.8. The molecule has 0 bridgehead atoms. The maximum atomic E-state index is 13.5. The quantitative estimate of drug-likeness (QED) is 0.148. The van der Waals surface area contributed by atoms with Crippen molar-refractivity contribution < 1.29 is 19.4 Å². The minimum Gasteiger partial charge on any atom is -0.505 e. The number of Topliss-reactive ketones (excluding diaryl/α,β-unsaturated/α-hetero) is 1. The Balaban J connectivity index is 1.80. The maximum absolute atomic E-state index is 13.5. The van der Waals surface area contributed by atoms with Gasteiger partial charge in [0.1, 0.15) is 17.1 Å². The fourth-order valence-corrected chi connectivity index (χ4v) is 5.24. The molecule has 8 heteroatoms. The molecule has 1 aliphatic rings. The molecule has 1 amide bonds. The van der Waals surface area contributed by atoms with E-state index < -0.39 is 17.7 Å². The number of fused-ring (bicyclic) bond motifs is 1. The number of benzene rings is 1. The number of likely N-dealkylation sites (tertiary alicyclic amines) is 1. The molecule has 1 aliphatic heterocycles. The average molecular weight is 533 g/mol. The Kier molecular flexibility index (Phi) is 9.07. The van der Waals surface area contributed by atoms with Crippen LogP contribution < -0.4 is 4.74 Å². The molecule has 1 atom stereocenters. The molecule has 208 valence electrons. The minimum atomic E-state index is -0.735. The van der Waals surface area contributed by atoms with E-state index in [1.165, 1.54) is 0 Å². The molecule has 39 heavy (non-hydrogen) atoms. The Morgan fingerprint density at radius 1 is 1.08 bits per heavy atom. The number of ether oxygens (including phenoxy) is 1. The fourth-order valence-electron chi connectivity index (χ4n) is 5.24. The Labute approximate surface area is 230 Å². The highest BCUT2D eigenvalue weighted by Gasteiger charge is 2.46. The van der Waals surface area contributed by atoms with E-state index in [0.717, 1.165) is 43.6 Å². The molecule has 1 aromatic carbocycles. The van der Waals surface area contributed by atoms with E-state index in [2.05, 4.69) is 30.7 Å². The molecule has 1 unspecified atom stereocenters. The lowest BCUT2D eigenvalue weighted by atomic mass is 9.96. The standard InChI is InChI=1S/C31H40N4O4/c1-6-9-19-39-24-15-10-14-23(20-24)27-25(29(37)31(38)35(27)18-12-16-33(7-2)8-3)28(36)26-22(5)34-17-11-13-21(4)30(34)32-26/h10-11,13-15,17,20,27,36H,6-9,12,16,18-19H2,1-5H3. The largest absolute Gasteiger partial charge is 0.505 e. The number of amides is 1. The molecular formula is C31H40N4O4. The van der Waals surface area contributed by atoms with Gasteiger partial charge in [-0.1, -0.05) is 45.4 Å². The topological polar surface area (TPSA) is 87.4 Å². The zero-order chi connectivity index (χ0) is 28.1. The number of rotatable bonds is 12. The Bertz CT molecular complexity index is 1370. The summed E-state index contributed by atoms with van der Waals surface area (Å²) in [7, 11) is 0. The molecular weight excluding hydrogens is 492 g/mol. The third-order valence-corrected chi connectivity index (χ3v) is 7.56. The highest BCUT2D eigenvalue weighted by Crippen LogP contribution is 2.40. The second-order valence-electron chi connectivity index (χ2n) is 10.1. The molecule has 0 saturated carbocycles. The van der Waals surface area contributed by atoms with Gasteiger partial charge in [-0.25, -0.2) is 4.98 Å². The number of imidazole rings is 1. The van der Waals surface area contributed by atoms with E-state index in [1.54, 1.807) is 4.90 Å². The lowest BCUT2D eigenvalue weighted by Gasteiger charge is -2.27. The van der Waals surface area contributed by atoms with Crippen molar-refractivity contribution in [2.45, 2.75) is 59.9 Å². The number of aliphatic hydroxyl groups is 1. The highest BCUT2D eigenvalue weighted by molar-refractivity contribution is 6.46. The first-order valence-electron chi connectivity index (χ1n) is 14.0. The van der Waals surface area contributed by atoms with Gasteiger partial charge in [-0.15, -0.1) is 0 Å². The molecule has 2 aromatic heterocycles. The van der Waals surface area contributed by atoms with Crippen molar-refractivity contribution in [3.8, 4) is 5.75 Å². The number of nitrogens with zero attached hydrogens (tertiary/aromatic N) is 4. The number of unbranched alkanes of at least 4 members (excludes halogenated alkanes) is 1. The predicted molar refractivity (Wildman–Crippen MR) is 153 cm³/mol. The summed E-state index contributed by atoms with van der Waals surface area (Å²) in [6, 6.07) is 10.6. The van der Waals surface area contributed by atoms with Crippen LogP contribution >= 0.6 is 0 Å². The van der Waals surface area contributed by atoms with Gasteiger partial charge in [-0.3, -0.25) is 9.59 Å². The summed E-state index contributed by atoms with van der Waals surface area (Å²) in [6.07, 6.45) is 4.54. The number of aryl methyl sites for hydroxylation is 2. The van der Waals surface area contributed by atoms with Gasteiger partial charge < -0.3 is 24.0 Å². The number of aromatic nitrogens is 2. The van der Waals surface area contributed by atoms with E-state index in [4.69, 9.17) is 4.74 Å². The molecule has 3 heterocycles. The summed E-state index contributed by atoms with van der Waals surface area (Å²) in [5.41, 5.74) is 3.46. The van der Waals surface area contributed by atoms with Crippen LogP contribution in [0.1, 0.15) is 68.6 Å². The van der Waals surface area contributed by atoms with Crippen molar-refractivity contribution in [1.29, 1.82) is 0 Å². The summed E-state index contributed by atoms with van der Waals surface area (Å²) in [5, 5.41) is 11.6. The summed E-state index contributed by atoms with van der Waals surface area (Å²) >= 11 is 0. The molecule has 4 rings (SSSR count). The summed E-state index contributed by atoms with van der Waals surface area (Å²) in [6.45, 7) is 13.8. The van der Waals surface area contributed by atoms with Crippen LogP contribution in [-0.4, -0.2) is 68.8 Å². The Hall–Kier alpha value is -3.65. The SMILES string of the molecule is CCCCOc1cccc(C2C(=C(O)c3nc4c(C)cccn4c3C)C(=O)C(=O)N2CCCN(CC)CC)c1. The third kappa shape index (κ3) is 5.71. The first-order valence-corrected chi connectivity index (χ1v) is 14.0. The second kappa shape index (κ2) is 12.5.